The van der Waals surface area contributed by atoms with Crippen molar-refractivity contribution in [3.8, 4) is 0 Å². The van der Waals surface area contributed by atoms with Crippen LogP contribution in [0.15, 0.2) is 59.8 Å². The van der Waals surface area contributed by atoms with E-state index in [1.54, 1.807) is 12.1 Å². The lowest BCUT2D eigenvalue weighted by Gasteiger charge is -2.36. The van der Waals surface area contributed by atoms with Crippen molar-refractivity contribution in [2.45, 2.75) is 37.6 Å². The van der Waals surface area contributed by atoms with Crippen molar-refractivity contribution in [3.05, 3.63) is 81.0 Å². The fourth-order valence-electron chi connectivity index (χ4n) is 4.57. The molecule has 1 fully saturated rings. The maximum Gasteiger partial charge on any atom is 0.269 e. The third-order valence-electron chi connectivity index (χ3n) is 6.51. The number of carbonyl (C=O) groups is 1. The number of nitro groups is 1. The summed E-state index contributed by atoms with van der Waals surface area (Å²) < 4.78 is 0. The largest absolute Gasteiger partial charge is 0.368 e. The van der Waals surface area contributed by atoms with Crippen molar-refractivity contribution in [1.82, 2.24) is 14.9 Å². The summed E-state index contributed by atoms with van der Waals surface area (Å²) in [5.74, 6) is 1.47. The second-order valence-electron chi connectivity index (χ2n) is 9.36. The SMILES string of the molecule is CCCN(CCC)c1cc(Cl)nc(SCc2cccc(C(=O)N3CCN(c4ccc([N+](=O)[O-])cc4)CC3)c2)n1. The molecule has 39 heavy (non-hydrogen) atoms. The second kappa shape index (κ2) is 13.6. The molecule has 0 saturated carbocycles. The minimum absolute atomic E-state index is 0.00117. The van der Waals surface area contributed by atoms with Crippen molar-refractivity contribution in [2.75, 3.05) is 49.1 Å². The first-order valence-electron chi connectivity index (χ1n) is 13.2. The molecular weight excluding hydrogens is 536 g/mol. The lowest BCUT2D eigenvalue weighted by atomic mass is 10.1. The maximum absolute atomic E-state index is 13.3. The van der Waals surface area contributed by atoms with Crippen molar-refractivity contribution in [3.63, 3.8) is 0 Å². The molecule has 0 atom stereocenters. The fraction of sp³-hybridized carbons (Fsp3) is 0.393. The number of nitrogens with zero attached hydrogens (tertiary/aromatic N) is 6. The van der Waals surface area contributed by atoms with Gasteiger partial charge in [-0.15, -0.1) is 0 Å². The lowest BCUT2D eigenvalue weighted by Crippen LogP contribution is -2.48. The van der Waals surface area contributed by atoms with Gasteiger partial charge >= 0.3 is 0 Å². The number of nitro benzene ring substituents is 1. The smallest absolute Gasteiger partial charge is 0.269 e. The number of aromatic nitrogens is 2. The summed E-state index contributed by atoms with van der Waals surface area (Å²) in [6, 6.07) is 16.0. The van der Waals surface area contributed by atoms with Crippen molar-refractivity contribution >= 4 is 46.5 Å². The molecule has 0 bridgehead atoms. The van der Waals surface area contributed by atoms with E-state index in [1.165, 1.54) is 23.9 Å². The third kappa shape index (κ3) is 7.60. The quantitative estimate of drug-likeness (QED) is 0.0924. The molecule has 0 N–H and O–H groups in total. The first kappa shape index (κ1) is 28.6. The summed E-state index contributed by atoms with van der Waals surface area (Å²) in [6.45, 7) is 8.62. The molecule has 1 amide bonds. The van der Waals surface area contributed by atoms with E-state index in [9.17, 15) is 14.9 Å². The van der Waals surface area contributed by atoms with Gasteiger partial charge in [0.15, 0.2) is 5.16 Å². The molecule has 0 spiro atoms. The predicted molar refractivity (Wildman–Crippen MR) is 157 cm³/mol. The average molecular weight is 569 g/mol. The highest BCUT2D eigenvalue weighted by Crippen LogP contribution is 2.26. The Balaban J connectivity index is 1.36. The van der Waals surface area contributed by atoms with E-state index >= 15 is 0 Å². The molecule has 1 aliphatic rings. The van der Waals surface area contributed by atoms with Crippen LogP contribution in [0.3, 0.4) is 0 Å². The molecule has 2 aromatic carbocycles. The van der Waals surface area contributed by atoms with E-state index in [0.29, 0.717) is 47.8 Å². The molecule has 0 unspecified atom stereocenters. The standard InChI is InChI=1S/C28H33ClN6O3S/c1-3-12-33(13-4-2)26-19-25(29)30-28(31-26)39-20-21-6-5-7-22(18-21)27(36)34-16-14-32(15-17-34)23-8-10-24(11-9-23)35(37)38/h5-11,18-19H,3-4,12-17,20H2,1-2H3. The van der Waals surface area contributed by atoms with Crippen LogP contribution in [-0.4, -0.2) is 65.0 Å². The van der Waals surface area contributed by atoms with Gasteiger partial charge in [-0.2, -0.15) is 0 Å². The van der Waals surface area contributed by atoms with Crippen LogP contribution in [0, 0.1) is 10.1 Å². The highest BCUT2D eigenvalue weighted by atomic mass is 35.5. The lowest BCUT2D eigenvalue weighted by molar-refractivity contribution is -0.384. The van der Waals surface area contributed by atoms with Gasteiger partial charge in [0.1, 0.15) is 11.0 Å². The van der Waals surface area contributed by atoms with Crippen LogP contribution in [-0.2, 0) is 5.75 Å². The van der Waals surface area contributed by atoms with Crippen LogP contribution in [0.4, 0.5) is 17.2 Å². The van der Waals surface area contributed by atoms with Crippen LogP contribution in [0.25, 0.3) is 0 Å². The first-order chi connectivity index (χ1) is 18.9. The molecule has 0 aliphatic carbocycles. The topological polar surface area (TPSA) is 95.7 Å². The molecule has 9 nitrogen and oxygen atoms in total. The van der Waals surface area contributed by atoms with Crippen LogP contribution in [0.1, 0.15) is 42.6 Å². The summed E-state index contributed by atoms with van der Waals surface area (Å²) >= 11 is 7.83. The molecule has 1 aliphatic heterocycles. The summed E-state index contributed by atoms with van der Waals surface area (Å²) in [7, 11) is 0. The molecular formula is C28H33ClN6O3S. The number of carbonyl (C=O) groups excluding carboxylic acids is 1. The Bertz CT molecular complexity index is 1280. The molecule has 1 saturated heterocycles. The highest BCUT2D eigenvalue weighted by molar-refractivity contribution is 7.98. The molecule has 206 valence electrons. The maximum atomic E-state index is 13.3. The monoisotopic (exact) mass is 568 g/mol. The normalized spacial score (nSPS) is 13.4. The van der Waals surface area contributed by atoms with E-state index in [1.807, 2.05) is 35.2 Å². The Morgan fingerprint density at radius 3 is 2.36 bits per heavy atom. The van der Waals surface area contributed by atoms with Gasteiger partial charge in [0.05, 0.1) is 4.92 Å². The molecule has 2 heterocycles. The second-order valence-corrected chi connectivity index (χ2v) is 10.7. The minimum atomic E-state index is -0.402. The van der Waals surface area contributed by atoms with Crippen LogP contribution >= 0.6 is 23.4 Å². The number of anilines is 2. The Morgan fingerprint density at radius 2 is 1.72 bits per heavy atom. The van der Waals surface area contributed by atoms with Crippen LogP contribution in [0.2, 0.25) is 5.15 Å². The van der Waals surface area contributed by atoms with Gasteiger partial charge in [-0.05, 0) is 42.7 Å². The van der Waals surface area contributed by atoms with E-state index < -0.39 is 4.92 Å². The number of hydrogen-bond donors (Lipinski definition) is 0. The van der Waals surface area contributed by atoms with Crippen LogP contribution in [0.5, 0.6) is 0 Å². The number of benzene rings is 2. The zero-order chi connectivity index (χ0) is 27.8. The zero-order valence-electron chi connectivity index (χ0n) is 22.3. The zero-order valence-corrected chi connectivity index (χ0v) is 23.8. The number of rotatable bonds is 11. The van der Waals surface area contributed by atoms with Crippen molar-refractivity contribution < 1.29 is 9.72 Å². The molecule has 4 rings (SSSR count). The van der Waals surface area contributed by atoms with Gasteiger partial charge < -0.3 is 14.7 Å². The Kier molecular flexibility index (Phi) is 10.00. The number of amides is 1. The number of piperazine rings is 1. The first-order valence-corrected chi connectivity index (χ1v) is 14.5. The van der Waals surface area contributed by atoms with Crippen LogP contribution < -0.4 is 9.80 Å². The van der Waals surface area contributed by atoms with E-state index in [4.69, 9.17) is 16.6 Å². The average Bonchev–Trinajstić information content (AvgIpc) is 2.95. The van der Waals surface area contributed by atoms with Crippen molar-refractivity contribution in [1.29, 1.82) is 0 Å². The Morgan fingerprint density at radius 1 is 1.03 bits per heavy atom. The number of thioether (sulfide) groups is 1. The van der Waals surface area contributed by atoms with Gasteiger partial charge in [0.2, 0.25) is 0 Å². The number of halogens is 1. The highest BCUT2D eigenvalue weighted by Gasteiger charge is 2.23. The van der Waals surface area contributed by atoms with Gasteiger partial charge in [-0.25, -0.2) is 9.97 Å². The molecule has 3 aromatic rings. The Hall–Kier alpha value is -3.37. The summed E-state index contributed by atoms with van der Waals surface area (Å²) in [4.78, 5) is 39.1. The number of hydrogen-bond acceptors (Lipinski definition) is 8. The summed E-state index contributed by atoms with van der Waals surface area (Å²) in [6.07, 6.45) is 2.05. The van der Waals surface area contributed by atoms with Gasteiger partial charge in [0, 0.05) is 74.5 Å². The van der Waals surface area contributed by atoms with E-state index in [2.05, 4.69) is 28.6 Å². The Labute approximate surface area is 238 Å². The summed E-state index contributed by atoms with van der Waals surface area (Å²) in [5.41, 5.74) is 2.66. The van der Waals surface area contributed by atoms with E-state index in [-0.39, 0.29) is 11.6 Å². The predicted octanol–water partition coefficient (Wildman–Crippen LogP) is 5.92. The number of non-ortho nitro benzene ring substituents is 1. The van der Waals surface area contributed by atoms with Gasteiger partial charge in [0.25, 0.3) is 11.6 Å². The van der Waals surface area contributed by atoms with Crippen molar-refractivity contribution in [2.24, 2.45) is 0 Å². The van der Waals surface area contributed by atoms with Gasteiger partial charge in [-0.1, -0.05) is 49.3 Å². The third-order valence-corrected chi connectivity index (χ3v) is 7.62. The summed E-state index contributed by atoms with van der Waals surface area (Å²) in [5, 5.41) is 12.0. The van der Waals surface area contributed by atoms with E-state index in [0.717, 1.165) is 43.0 Å². The molecule has 11 heteroatoms. The minimum Gasteiger partial charge on any atom is -0.368 e. The molecule has 0 radical (unpaired) electrons. The molecule has 1 aromatic heterocycles. The fourth-order valence-corrected chi connectivity index (χ4v) is 5.59. The van der Waals surface area contributed by atoms with Gasteiger partial charge in [-0.3, -0.25) is 14.9 Å².